The second kappa shape index (κ2) is 4.68. The standard InChI is InChI=1S/C14H8Cl2N2O/c15-9-2-1-3-11(6-9)18-8-17-14(19)12-7-10(16)4-5-13(12)18/h1-8H. The molecule has 3 nitrogen and oxygen atoms in total. The van der Waals surface area contributed by atoms with Crippen LogP contribution in [-0.2, 0) is 0 Å². The number of halogens is 2. The van der Waals surface area contributed by atoms with E-state index in [0.717, 1.165) is 11.2 Å². The van der Waals surface area contributed by atoms with E-state index in [1.54, 1.807) is 28.8 Å². The van der Waals surface area contributed by atoms with Gasteiger partial charge in [-0.15, -0.1) is 0 Å². The number of benzene rings is 2. The van der Waals surface area contributed by atoms with Crippen LogP contribution in [0.4, 0.5) is 0 Å². The molecule has 0 aliphatic rings. The maximum Gasteiger partial charge on any atom is 0.280 e. The maximum absolute atomic E-state index is 11.8. The molecule has 0 atom stereocenters. The molecule has 2 aromatic carbocycles. The summed E-state index contributed by atoms with van der Waals surface area (Å²) in [6.07, 6.45) is 1.49. The third-order valence-electron chi connectivity index (χ3n) is 2.83. The Morgan fingerprint density at radius 1 is 1.00 bits per heavy atom. The highest BCUT2D eigenvalue weighted by molar-refractivity contribution is 6.31. The van der Waals surface area contributed by atoms with Gasteiger partial charge in [-0.05, 0) is 36.4 Å². The van der Waals surface area contributed by atoms with Crippen LogP contribution in [0.3, 0.4) is 0 Å². The lowest BCUT2D eigenvalue weighted by Gasteiger charge is -2.10. The van der Waals surface area contributed by atoms with Gasteiger partial charge in [-0.3, -0.25) is 4.79 Å². The van der Waals surface area contributed by atoms with E-state index in [2.05, 4.69) is 4.98 Å². The number of hydrogen-bond acceptors (Lipinski definition) is 2. The maximum atomic E-state index is 11.8. The molecule has 0 spiro atoms. The van der Waals surface area contributed by atoms with Crippen LogP contribution in [0.2, 0.25) is 10.0 Å². The summed E-state index contributed by atoms with van der Waals surface area (Å²) >= 11 is 11.9. The molecule has 3 aromatic rings. The molecule has 0 saturated heterocycles. The Morgan fingerprint density at radius 2 is 1.79 bits per heavy atom. The van der Waals surface area contributed by atoms with Crippen molar-refractivity contribution in [2.24, 2.45) is 0 Å². The zero-order valence-corrected chi connectivity index (χ0v) is 11.2. The van der Waals surface area contributed by atoms with Crippen LogP contribution < -0.4 is 5.56 Å². The zero-order chi connectivity index (χ0) is 13.4. The van der Waals surface area contributed by atoms with E-state index in [4.69, 9.17) is 23.2 Å². The molecule has 0 fully saturated rings. The molecule has 94 valence electrons. The Labute approximate surface area is 119 Å². The van der Waals surface area contributed by atoms with Crippen LogP contribution in [0.5, 0.6) is 0 Å². The molecule has 0 aliphatic carbocycles. The minimum Gasteiger partial charge on any atom is -0.300 e. The molecule has 0 N–H and O–H groups in total. The van der Waals surface area contributed by atoms with E-state index in [-0.39, 0.29) is 5.56 Å². The van der Waals surface area contributed by atoms with Crippen LogP contribution in [0.15, 0.2) is 53.6 Å². The van der Waals surface area contributed by atoms with Gasteiger partial charge >= 0.3 is 0 Å². The first-order valence-corrected chi connectivity index (χ1v) is 6.33. The number of nitrogens with zero attached hydrogens (tertiary/aromatic N) is 2. The van der Waals surface area contributed by atoms with E-state index in [1.807, 2.05) is 18.2 Å². The molecule has 0 bridgehead atoms. The molecule has 0 amide bonds. The van der Waals surface area contributed by atoms with Crippen molar-refractivity contribution >= 4 is 34.1 Å². The van der Waals surface area contributed by atoms with E-state index >= 15 is 0 Å². The Balaban J connectivity index is 2.37. The fourth-order valence-electron chi connectivity index (χ4n) is 1.96. The van der Waals surface area contributed by atoms with Gasteiger partial charge in [0.2, 0.25) is 0 Å². The number of aromatic nitrogens is 2. The number of fused-ring (bicyclic) bond motifs is 1. The van der Waals surface area contributed by atoms with Gasteiger partial charge in [0.25, 0.3) is 5.56 Å². The van der Waals surface area contributed by atoms with Crippen molar-refractivity contribution in [2.45, 2.75) is 0 Å². The second-order valence-corrected chi connectivity index (χ2v) is 4.93. The van der Waals surface area contributed by atoms with Crippen LogP contribution in [0.1, 0.15) is 0 Å². The van der Waals surface area contributed by atoms with Crippen molar-refractivity contribution in [1.82, 2.24) is 9.55 Å². The van der Waals surface area contributed by atoms with Crippen LogP contribution in [0.25, 0.3) is 16.6 Å². The summed E-state index contributed by atoms with van der Waals surface area (Å²) in [5.74, 6) is 0. The predicted molar refractivity (Wildman–Crippen MR) is 77.4 cm³/mol. The van der Waals surface area contributed by atoms with Crippen molar-refractivity contribution in [1.29, 1.82) is 0 Å². The van der Waals surface area contributed by atoms with Crippen molar-refractivity contribution in [3.63, 3.8) is 0 Å². The highest BCUT2D eigenvalue weighted by Crippen LogP contribution is 2.21. The van der Waals surface area contributed by atoms with Crippen molar-refractivity contribution in [2.75, 3.05) is 0 Å². The second-order valence-electron chi connectivity index (χ2n) is 4.06. The molecule has 19 heavy (non-hydrogen) atoms. The fourth-order valence-corrected chi connectivity index (χ4v) is 2.32. The Kier molecular flexibility index (Phi) is 3.01. The Morgan fingerprint density at radius 3 is 2.58 bits per heavy atom. The van der Waals surface area contributed by atoms with Crippen LogP contribution >= 0.6 is 23.2 Å². The van der Waals surface area contributed by atoms with Gasteiger partial charge in [0.05, 0.1) is 10.9 Å². The summed E-state index contributed by atoms with van der Waals surface area (Å²) in [4.78, 5) is 15.6. The molecule has 5 heteroatoms. The summed E-state index contributed by atoms with van der Waals surface area (Å²) in [5, 5.41) is 1.61. The van der Waals surface area contributed by atoms with Gasteiger partial charge < -0.3 is 4.57 Å². The van der Waals surface area contributed by atoms with Gasteiger partial charge in [-0.25, -0.2) is 0 Å². The molecule has 0 radical (unpaired) electrons. The Hall–Kier alpha value is -1.84. The van der Waals surface area contributed by atoms with Crippen LogP contribution in [0, 0.1) is 0 Å². The van der Waals surface area contributed by atoms with E-state index in [9.17, 15) is 4.79 Å². The van der Waals surface area contributed by atoms with Gasteiger partial charge in [-0.1, -0.05) is 29.3 Å². The fraction of sp³-hybridized carbons (Fsp3) is 0. The third-order valence-corrected chi connectivity index (χ3v) is 3.30. The quantitative estimate of drug-likeness (QED) is 0.685. The predicted octanol–water partition coefficient (Wildman–Crippen LogP) is 3.69. The van der Waals surface area contributed by atoms with Gasteiger partial charge in [0.1, 0.15) is 6.33 Å². The molecule has 1 aromatic heterocycles. The van der Waals surface area contributed by atoms with Crippen LogP contribution in [-0.4, -0.2) is 9.55 Å². The highest BCUT2D eigenvalue weighted by Gasteiger charge is 2.06. The van der Waals surface area contributed by atoms with Crippen molar-refractivity contribution in [3.8, 4) is 5.69 Å². The first kappa shape index (κ1) is 12.2. The largest absolute Gasteiger partial charge is 0.300 e. The molecule has 3 rings (SSSR count). The van der Waals surface area contributed by atoms with E-state index in [0.29, 0.717) is 15.4 Å². The lowest BCUT2D eigenvalue weighted by molar-refractivity contribution is 1.02. The highest BCUT2D eigenvalue weighted by atomic mass is 35.5. The first-order chi connectivity index (χ1) is 9.15. The first-order valence-electron chi connectivity index (χ1n) is 5.58. The molecule has 0 saturated carbocycles. The van der Waals surface area contributed by atoms with Gasteiger partial charge in [0, 0.05) is 15.7 Å². The summed E-state index contributed by atoms with van der Waals surface area (Å²) in [6.45, 7) is 0. The zero-order valence-electron chi connectivity index (χ0n) is 9.68. The summed E-state index contributed by atoms with van der Waals surface area (Å²) < 4.78 is 1.80. The average molecular weight is 291 g/mol. The minimum absolute atomic E-state index is 0.296. The number of rotatable bonds is 1. The average Bonchev–Trinajstić information content (AvgIpc) is 2.40. The summed E-state index contributed by atoms with van der Waals surface area (Å²) in [5.41, 5.74) is 1.29. The van der Waals surface area contributed by atoms with Gasteiger partial charge in [-0.2, -0.15) is 4.98 Å². The summed E-state index contributed by atoms with van der Waals surface area (Å²) in [7, 11) is 0. The molecule has 0 unspecified atom stereocenters. The third kappa shape index (κ3) is 2.23. The lowest BCUT2D eigenvalue weighted by atomic mass is 10.2. The molecule has 0 aliphatic heterocycles. The minimum atomic E-state index is -0.296. The normalized spacial score (nSPS) is 10.8. The van der Waals surface area contributed by atoms with E-state index in [1.165, 1.54) is 6.33 Å². The molecule has 1 heterocycles. The molecular weight excluding hydrogens is 283 g/mol. The van der Waals surface area contributed by atoms with E-state index < -0.39 is 0 Å². The topological polar surface area (TPSA) is 34.9 Å². The smallest absolute Gasteiger partial charge is 0.280 e. The number of hydrogen-bond donors (Lipinski definition) is 0. The monoisotopic (exact) mass is 290 g/mol. The van der Waals surface area contributed by atoms with Gasteiger partial charge in [0.15, 0.2) is 0 Å². The Bertz CT molecular complexity index is 827. The van der Waals surface area contributed by atoms with Crippen molar-refractivity contribution < 1.29 is 0 Å². The summed E-state index contributed by atoms with van der Waals surface area (Å²) in [6, 6.07) is 12.5. The molecular formula is C14H8Cl2N2O. The van der Waals surface area contributed by atoms with Crippen molar-refractivity contribution in [3.05, 3.63) is 69.2 Å². The lowest BCUT2D eigenvalue weighted by Crippen LogP contribution is -2.11. The SMILES string of the molecule is O=c1ncn(-c2cccc(Cl)c2)c2ccc(Cl)cc12.